The van der Waals surface area contributed by atoms with E-state index in [4.69, 9.17) is 0 Å². The van der Waals surface area contributed by atoms with Gasteiger partial charge in [0.1, 0.15) is 0 Å². The molecule has 3 rings (SSSR count). The molecule has 2 aromatic rings. The van der Waals surface area contributed by atoms with Crippen molar-refractivity contribution in [3.63, 3.8) is 0 Å². The number of thioether (sulfide) groups is 1. The summed E-state index contributed by atoms with van der Waals surface area (Å²) in [4.78, 5) is 13.7. The Morgan fingerprint density at radius 1 is 1.21 bits per heavy atom. The Kier molecular flexibility index (Phi) is 5.87. The SMILES string of the molecule is CCSc1ncc(CN(C)C[C@@H]2Cc3ccccc3CN2C)cn1. The maximum absolute atomic E-state index is 4.43. The maximum Gasteiger partial charge on any atom is 0.187 e. The Labute approximate surface area is 149 Å². The van der Waals surface area contributed by atoms with Crippen LogP contribution in [0, 0.1) is 0 Å². The highest BCUT2D eigenvalue weighted by Gasteiger charge is 2.24. The summed E-state index contributed by atoms with van der Waals surface area (Å²) in [5.41, 5.74) is 4.14. The van der Waals surface area contributed by atoms with Crippen LogP contribution in [0.2, 0.25) is 0 Å². The van der Waals surface area contributed by atoms with Gasteiger partial charge in [0, 0.05) is 43.6 Å². The van der Waals surface area contributed by atoms with Gasteiger partial charge in [-0.15, -0.1) is 0 Å². The second kappa shape index (κ2) is 8.10. The highest BCUT2D eigenvalue weighted by atomic mass is 32.2. The van der Waals surface area contributed by atoms with Crippen molar-refractivity contribution in [2.75, 3.05) is 26.4 Å². The van der Waals surface area contributed by atoms with Crippen molar-refractivity contribution >= 4 is 11.8 Å². The average Bonchev–Trinajstić information content (AvgIpc) is 2.57. The molecule has 1 aromatic heterocycles. The summed E-state index contributed by atoms with van der Waals surface area (Å²) in [5, 5.41) is 0.868. The first kappa shape index (κ1) is 17.4. The minimum absolute atomic E-state index is 0.556. The molecule has 2 heterocycles. The minimum atomic E-state index is 0.556. The number of hydrogen-bond donors (Lipinski definition) is 0. The molecule has 0 saturated heterocycles. The lowest BCUT2D eigenvalue weighted by molar-refractivity contribution is 0.158. The third-order valence-corrected chi connectivity index (χ3v) is 5.30. The van der Waals surface area contributed by atoms with Crippen LogP contribution in [0.15, 0.2) is 41.8 Å². The van der Waals surface area contributed by atoms with Crippen molar-refractivity contribution < 1.29 is 0 Å². The summed E-state index contributed by atoms with van der Waals surface area (Å²) < 4.78 is 0. The van der Waals surface area contributed by atoms with E-state index in [1.807, 2.05) is 12.4 Å². The molecule has 0 N–H and O–H groups in total. The molecule has 5 heteroatoms. The van der Waals surface area contributed by atoms with Crippen LogP contribution in [-0.2, 0) is 19.5 Å². The minimum Gasteiger partial charge on any atom is -0.300 e. The van der Waals surface area contributed by atoms with Gasteiger partial charge in [-0.2, -0.15) is 0 Å². The van der Waals surface area contributed by atoms with E-state index in [1.54, 1.807) is 11.8 Å². The van der Waals surface area contributed by atoms with E-state index in [1.165, 1.54) is 16.7 Å². The number of likely N-dealkylation sites (N-methyl/N-ethyl adjacent to an activating group) is 2. The lowest BCUT2D eigenvalue weighted by Gasteiger charge is -2.36. The summed E-state index contributed by atoms with van der Waals surface area (Å²) in [6, 6.07) is 9.37. The summed E-state index contributed by atoms with van der Waals surface area (Å²) >= 11 is 1.68. The predicted molar refractivity (Wildman–Crippen MR) is 100 cm³/mol. The third kappa shape index (κ3) is 4.35. The number of rotatable bonds is 6. The summed E-state index contributed by atoms with van der Waals surface area (Å²) in [7, 11) is 4.41. The van der Waals surface area contributed by atoms with Crippen LogP contribution in [0.1, 0.15) is 23.6 Å². The first-order valence-corrected chi connectivity index (χ1v) is 9.53. The highest BCUT2D eigenvalue weighted by Crippen LogP contribution is 2.22. The van der Waals surface area contributed by atoms with Crippen molar-refractivity contribution in [2.24, 2.45) is 0 Å². The molecule has 0 saturated carbocycles. The van der Waals surface area contributed by atoms with E-state index in [-0.39, 0.29) is 0 Å². The van der Waals surface area contributed by atoms with Crippen LogP contribution < -0.4 is 0 Å². The molecule has 0 fully saturated rings. The van der Waals surface area contributed by atoms with Crippen molar-refractivity contribution in [1.29, 1.82) is 0 Å². The van der Waals surface area contributed by atoms with Gasteiger partial charge < -0.3 is 4.90 Å². The van der Waals surface area contributed by atoms with Crippen molar-refractivity contribution in [3.05, 3.63) is 53.3 Å². The zero-order valence-corrected chi connectivity index (χ0v) is 15.6. The molecule has 1 aliphatic heterocycles. The van der Waals surface area contributed by atoms with Crippen LogP contribution in [0.5, 0.6) is 0 Å². The highest BCUT2D eigenvalue weighted by molar-refractivity contribution is 7.99. The second-order valence-corrected chi connectivity index (χ2v) is 7.78. The van der Waals surface area contributed by atoms with E-state index >= 15 is 0 Å². The molecule has 1 aliphatic rings. The van der Waals surface area contributed by atoms with Gasteiger partial charge in [-0.25, -0.2) is 9.97 Å². The van der Waals surface area contributed by atoms with Gasteiger partial charge in [-0.1, -0.05) is 43.0 Å². The summed E-state index contributed by atoms with van der Waals surface area (Å²) in [5.74, 6) is 1.01. The van der Waals surface area contributed by atoms with Crippen LogP contribution in [0.3, 0.4) is 0 Å². The van der Waals surface area contributed by atoms with Gasteiger partial charge >= 0.3 is 0 Å². The molecule has 0 bridgehead atoms. The zero-order valence-electron chi connectivity index (χ0n) is 14.8. The molecule has 1 aromatic carbocycles. The van der Waals surface area contributed by atoms with Crippen molar-refractivity contribution in [3.8, 4) is 0 Å². The molecular weight excluding hydrogens is 316 g/mol. The Hall–Kier alpha value is -1.43. The molecule has 24 heavy (non-hydrogen) atoms. The molecule has 1 atom stereocenters. The van der Waals surface area contributed by atoms with E-state index in [9.17, 15) is 0 Å². The first-order chi connectivity index (χ1) is 11.7. The normalized spacial score (nSPS) is 17.9. The van der Waals surface area contributed by atoms with Gasteiger partial charge in [0.2, 0.25) is 0 Å². The number of hydrogen-bond acceptors (Lipinski definition) is 5. The fraction of sp³-hybridized carbons (Fsp3) is 0.474. The fourth-order valence-electron chi connectivity index (χ4n) is 3.29. The molecular formula is C19H26N4S. The monoisotopic (exact) mass is 342 g/mol. The van der Waals surface area contributed by atoms with Gasteiger partial charge in [0.25, 0.3) is 0 Å². The van der Waals surface area contributed by atoms with Gasteiger partial charge in [0.15, 0.2) is 5.16 Å². The number of benzene rings is 1. The van der Waals surface area contributed by atoms with E-state index in [2.05, 4.69) is 65.1 Å². The van der Waals surface area contributed by atoms with Gasteiger partial charge in [0.05, 0.1) is 0 Å². The third-order valence-electron chi connectivity index (χ3n) is 4.55. The Balaban J connectivity index is 1.57. The topological polar surface area (TPSA) is 32.3 Å². The van der Waals surface area contributed by atoms with E-state index in [0.717, 1.165) is 37.0 Å². The largest absolute Gasteiger partial charge is 0.300 e. The quantitative estimate of drug-likeness (QED) is 0.595. The smallest absolute Gasteiger partial charge is 0.187 e. The van der Waals surface area contributed by atoms with Crippen LogP contribution >= 0.6 is 11.8 Å². The predicted octanol–water partition coefficient (Wildman–Crippen LogP) is 3.08. The Morgan fingerprint density at radius 3 is 2.62 bits per heavy atom. The summed E-state index contributed by atoms with van der Waals surface area (Å²) in [6.07, 6.45) is 5.04. The van der Waals surface area contributed by atoms with Crippen molar-refractivity contribution in [1.82, 2.24) is 19.8 Å². The van der Waals surface area contributed by atoms with Gasteiger partial charge in [-0.05, 0) is 37.4 Å². The molecule has 0 aliphatic carbocycles. The van der Waals surface area contributed by atoms with E-state index in [0.29, 0.717) is 6.04 Å². The molecule has 0 unspecified atom stereocenters. The Morgan fingerprint density at radius 2 is 1.92 bits per heavy atom. The molecule has 0 spiro atoms. The summed E-state index contributed by atoms with van der Waals surface area (Å²) in [6.45, 7) is 5.11. The van der Waals surface area contributed by atoms with Crippen LogP contribution in [-0.4, -0.2) is 52.2 Å². The number of fused-ring (bicyclic) bond motifs is 1. The van der Waals surface area contributed by atoms with Crippen molar-refractivity contribution in [2.45, 2.75) is 37.6 Å². The van der Waals surface area contributed by atoms with Crippen LogP contribution in [0.4, 0.5) is 0 Å². The lowest BCUT2D eigenvalue weighted by Crippen LogP contribution is -2.44. The number of aromatic nitrogens is 2. The molecule has 0 amide bonds. The van der Waals surface area contributed by atoms with E-state index < -0.39 is 0 Å². The maximum atomic E-state index is 4.43. The Bertz CT molecular complexity index is 659. The lowest BCUT2D eigenvalue weighted by atomic mass is 9.94. The molecule has 128 valence electrons. The zero-order chi connectivity index (χ0) is 16.9. The molecule has 4 nitrogen and oxygen atoms in total. The number of nitrogens with zero attached hydrogens (tertiary/aromatic N) is 4. The van der Waals surface area contributed by atoms with Gasteiger partial charge in [-0.3, -0.25) is 4.90 Å². The standard InChI is InChI=1S/C19H26N4S/c1-4-24-19-20-10-15(11-21-19)12-22(2)14-18-9-16-7-5-6-8-17(16)13-23(18)3/h5-8,10-11,18H,4,9,12-14H2,1-3H3/t18-/m0/s1. The average molecular weight is 343 g/mol. The second-order valence-electron chi connectivity index (χ2n) is 6.55. The first-order valence-electron chi connectivity index (χ1n) is 8.55. The fourth-order valence-corrected chi connectivity index (χ4v) is 3.80. The van der Waals surface area contributed by atoms with Crippen LogP contribution in [0.25, 0.3) is 0 Å². The molecule has 0 radical (unpaired) electrons.